The number of hydrogen-bond donors (Lipinski definition) is 2. The van der Waals surface area contributed by atoms with Gasteiger partial charge < -0.3 is 10.6 Å². The lowest BCUT2D eigenvalue weighted by Gasteiger charge is -2.16. The zero-order valence-corrected chi connectivity index (χ0v) is 23.0. The van der Waals surface area contributed by atoms with E-state index in [4.69, 9.17) is 4.98 Å². The Morgan fingerprint density at radius 3 is 2.08 bits per heavy atom. The van der Waals surface area contributed by atoms with Gasteiger partial charge in [0.15, 0.2) is 5.13 Å². The van der Waals surface area contributed by atoms with E-state index in [9.17, 15) is 9.59 Å². The molecule has 194 valence electrons. The van der Waals surface area contributed by atoms with Gasteiger partial charge in [0, 0.05) is 21.0 Å². The van der Waals surface area contributed by atoms with Crippen LogP contribution in [-0.4, -0.2) is 16.8 Å². The number of rotatable bonds is 9. The first-order valence-corrected chi connectivity index (χ1v) is 14.2. The first-order chi connectivity index (χ1) is 19.0. The van der Waals surface area contributed by atoms with E-state index < -0.39 is 5.25 Å². The Morgan fingerprint density at radius 1 is 0.795 bits per heavy atom. The molecule has 0 aliphatic rings. The number of aryl methyl sites for hydroxylation is 1. The molecule has 5 nitrogen and oxygen atoms in total. The Hall–Kier alpha value is -4.20. The zero-order valence-electron chi connectivity index (χ0n) is 21.3. The third-order valence-electron chi connectivity index (χ3n) is 6.01. The molecule has 39 heavy (non-hydrogen) atoms. The number of thioether (sulfide) groups is 1. The molecule has 0 aliphatic heterocycles. The van der Waals surface area contributed by atoms with Crippen LogP contribution in [0.3, 0.4) is 0 Å². The molecule has 0 spiro atoms. The molecule has 1 heterocycles. The van der Waals surface area contributed by atoms with E-state index in [0.717, 1.165) is 32.2 Å². The number of benzene rings is 4. The molecule has 4 aromatic carbocycles. The maximum Gasteiger partial charge on any atom is 0.244 e. The second kappa shape index (κ2) is 12.6. The number of carbonyl (C=O) groups excluding carboxylic acids is 2. The van der Waals surface area contributed by atoms with Gasteiger partial charge in [-0.1, -0.05) is 91.0 Å². The van der Waals surface area contributed by atoms with Crippen LogP contribution in [0.2, 0.25) is 0 Å². The van der Waals surface area contributed by atoms with Crippen molar-refractivity contribution in [2.45, 2.75) is 23.5 Å². The molecule has 0 bridgehead atoms. The van der Waals surface area contributed by atoms with Gasteiger partial charge in [-0.15, -0.1) is 23.1 Å². The minimum atomic E-state index is -0.478. The first-order valence-electron chi connectivity index (χ1n) is 12.5. The summed E-state index contributed by atoms with van der Waals surface area (Å²) in [4.78, 5) is 32.6. The monoisotopic (exact) mass is 549 g/mol. The van der Waals surface area contributed by atoms with Crippen LogP contribution in [0.4, 0.5) is 10.8 Å². The predicted molar refractivity (Wildman–Crippen MR) is 161 cm³/mol. The van der Waals surface area contributed by atoms with Crippen molar-refractivity contribution in [2.24, 2.45) is 0 Å². The fraction of sp³-hybridized carbons (Fsp3) is 0.0938. The third kappa shape index (κ3) is 7.02. The predicted octanol–water partition coefficient (Wildman–Crippen LogP) is 7.77. The van der Waals surface area contributed by atoms with Gasteiger partial charge in [-0.25, -0.2) is 4.98 Å². The molecule has 0 fully saturated rings. The SMILES string of the molecule is Cc1sc(NC(=O)C(Sc2ccc(NC(=O)Cc3ccccc3)cc2)c2ccccc2)nc1-c1ccccc1. The molecule has 1 atom stereocenters. The maximum atomic E-state index is 13.5. The van der Waals surface area contributed by atoms with E-state index in [2.05, 4.69) is 10.6 Å². The fourth-order valence-electron chi connectivity index (χ4n) is 4.12. The van der Waals surface area contributed by atoms with Crippen LogP contribution < -0.4 is 10.6 Å². The molecule has 1 unspecified atom stereocenters. The number of hydrogen-bond acceptors (Lipinski definition) is 5. The van der Waals surface area contributed by atoms with Crippen LogP contribution in [0.15, 0.2) is 120 Å². The van der Waals surface area contributed by atoms with Gasteiger partial charge in [0.05, 0.1) is 12.1 Å². The van der Waals surface area contributed by atoms with E-state index in [1.165, 1.54) is 23.1 Å². The van der Waals surface area contributed by atoms with Gasteiger partial charge in [-0.2, -0.15) is 0 Å². The summed E-state index contributed by atoms with van der Waals surface area (Å²) in [5.41, 5.74) is 4.48. The molecule has 0 saturated heterocycles. The van der Waals surface area contributed by atoms with Gasteiger partial charge in [0.25, 0.3) is 0 Å². The largest absolute Gasteiger partial charge is 0.326 e. The van der Waals surface area contributed by atoms with E-state index >= 15 is 0 Å². The highest BCUT2D eigenvalue weighted by molar-refractivity contribution is 8.00. The van der Waals surface area contributed by atoms with Crippen LogP contribution in [0, 0.1) is 6.92 Å². The average molecular weight is 550 g/mol. The molecular weight excluding hydrogens is 523 g/mol. The average Bonchev–Trinajstić information content (AvgIpc) is 3.33. The molecule has 2 amide bonds. The van der Waals surface area contributed by atoms with Crippen molar-refractivity contribution in [3.05, 3.63) is 131 Å². The number of thiazole rings is 1. The quantitative estimate of drug-likeness (QED) is 0.184. The first kappa shape index (κ1) is 26.4. The molecule has 5 rings (SSSR count). The van der Waals surface area contributed by atoms with E-state index in [0.29, 0.717) is 17.2 Å². The van der Waals surface area contributed by atoms with Crippen molar-refractivity contribution in [3.63, 3.8) is 0 Å². The highest BCUT2D eigenvalue weighted by atomic mass is 32.2. The highest BCUT2D eigenvalue weighted by Gasteiger charge is 2.24. The summed E-state index contributed by atoms with van der Waals surface area (Å²) in [5, 5.41) is 6.09. The molecule has 2 N–H and O–H groups in total. The van der Waals surface area contributed by atoms with Crippen molar-refractivity contribution in [3.8, 4) is 11.3 Å². The molecule has 0 aliphatic carbocycles. The van der Waals surface area contributed by atoms with Gasteiger partial charge in [0.1, 0.15) is 5.25 Å². The molecule has 5 aromatic rings. The van der Waals surface area contributed by atoms with Crippen molar-refractivity contribution in [1.82, 2.24) is 4.98 Å². The Labute approximate surface area is 236 Å². The standard InChI is InChI=1S/C32H27N3O2S2/c1-22-29(24-13-7-3-8-14-24)34-32(38-22)35-31(37)30(25-15-9-4-10-16-25)39-27-19-17-26(18-20-27)33-28(36)21-23-11-5-2-6-12-23/h2-20,30H,21H2,1H3,(H,33,36)(H,34,35,37). The lowest BCUT2D eigenvalue weighted by Crippen LogP contribution is -2.19. The number of anilines is 2. The Bertz CT molecular complexity index is 1540. The van der Waals surface area contributed by atoms with E-state index in [1.807, 2.05) is 122 Å². The normalized spacial score (nSPS) is 11.5. The van der Waals surface area contributed by atoms with Crippen molar-refractivity contribution in [1.29, 1.82) is 0 Å². The van der Waals surface area contributed by atoms with Crippen LogP contribution >= 0.6 is 23.1 Å². The number of nitrogens with one attached hydrogen (secondary N) is 2. The van der Waals surface area contributed by atoms with Crippen LogP contribution in [-0.2, 0) is 16.0 Å². The lowest BCUT2D eigenvalue weighted by atomic mass is 10.1. The second-order valence-corrected chi connectivity index (χ2v) is 11.3. The molecule has 0 saturated carbocycles. The van der Waals surface area contributed by atoms with Gasteiger partial charge in [-0.05, 0) is 42.3 Å². The van der Waals surface area contributed by atoms with Crippen LogP contribution in [0.5, 0.6) is 0 Å². The fourth-order valence-corrected chi connectivity index (χ4v) is 5.99. The van der Waals surface area contributed by atoms with Crippen molar-refractivity contribution >= 4 is 45.7 Å². The highest BCUT2D eigenvalue weighted by Crippen LogP contribution is 2.38. The Morgan fingerprint density at radius 2 is 1.41 bits per heavy atom. The topological polar surface area (TPSA) is 71.1 Å². The summed E-state index contributed by atoms with van der Waals surface area (Å²) < 4.78 is 0. The summed E-state index contributed by atoms with van der Waals surface area (Å²) >= 11 is 2.93. The Kier molecular flexibility index (Phi) is 8.51. The van der Waals surface area contributed by atoms with Gasteiger partial charge in [0.2, 0.25) is 11.8 Å². The van der Waals surface area contributed by atoms with Crippen molar-refractivity contribution < 1.29 is 9.59 Å². The number of amides is 2. The number of aromatic nitrogens is 1. The zero-order chi connectivity index (χ0) is 27.0. The molecule has 0 radical (unpaired) electrons. The van der Waals surface area contributed by atoms with Gasteiger partial charge in [-0.3, -0.25) is 9.59 Å². The van der Waals surface area contributed by atoms with E-state index in [-0.39, 0.29) is 11.8 Å². The summed E-state index contributed by atoms with van der Waals surface area (Å²) in [6.45, 7) is 2.01. The molecule has 7 heteroatoms. The minimum Gasteiger partial charge on any atom is -0.326 e. The van der Waals surface area contributed by atoms with Crippen molar-refractivity contribution in [2.75, 3.05) is 10.6 Å². The van der Waals surface area contributed by atoms with Crippen LogP contribution in [0.1, 0.15) is 21.3 Å². The summed E-state index contributed by atoms with van der Waals surface area (Å²) in [7, 11) is 0. The lowest BCUT2D eigenvalue weighted by molar-refractivity contribution is -0.116. The van der Waals surface area contributed by atoms with Gasteiger partial charge >= 0.3 is 0 Å². The molecule has 1 aromatic heterocycles. The number of nitrogens with zero attached hydrogens (tertiary/aromatic N) is 1. The second-order valence-electron chi connectivity index (χ2n) is 8.92. The summed E-state index contributed by atoms with van der Waals surface area (Å²) in [5.74, 6) is -0.212. The smallest absolute Gasteiger partial charge is 0.244 e. The van der Waals surface area contributed by atoms with Crippen LogP contribution in [0.25, 0.3) is 11.3 Å². The van der Waals surface area contributed by atoms with E-state index in [1.54, 1.807) is 0 Å². The maximum absolute atomic E-state index is 13.5. The third-order valence-corrected chi connectivity index (χ3v) is 8.17. The summed E-state index contributed by atoms with van der Waals surface area (Å²) in [6, 6.07) is 36.9. The molecular formula is C32H27N3O2S2. The number of carbonyl (C=O) groups is 2. The minimum absolute atomic E-state index is 0.0724. The Balaban J connectivity index is 1.28. The summed E-state index contributed by atoms with van der Waals surface area (Å²) in [6.07, 6.45) is 0.315.